The summed E-state index contributed by atoms with van der Waals surface area (Å²) in [6, 6.07) is 21.4. The Bertz CT molecular complexity index is 735. The number of hydrogen-bond acceptors (Lipinski definition) is 2. The highest BCUT2D eigenvalue weighted by Crippen LogP contribution is 2.61. The van der Waals surface area contributed by atoms with Crippen LogP contribution < -0.4 is 0 Å². The lowest BCUT2D eigenvalue weighted by Gasteiger charge is -2.20. The van der Waals surface area contributed by atoms with Crippen molar-refractivity contribution in [1.29, 1.82) is 0 Å². The Hall–Kier alpha value is -1.64. The van der Waals surface area contributed by atoms with Crippen LogP contribution in [0.5, 0.6) is 0 Å². The van der Waals surface area contributed by atoms with Gasteiger partial charge < -0.3 is 9.47 Å². The van der Waals surface area contributed by atoms with Gasteiger partial charge in [0.1, 0.15) is 0 Å². The summed E-state index contributed by atoms with van der Waals surface area (Å²) >= 11 is 0. The molecule has 2 saturated carbocycles. The molecule has 2 fully saturated rings. The van der Waals surface area contributed by atoms with Gasteiger partial charge in [-0.1, -0.05) is 113 Å². The Labute approximate surface area is 208 Å². The van der Waals surface area contributed by atoms with Gasteiger partial charge in [-0.3, -0.25) is 0 Å². The fraction of sp³-hybridized carbons (Fsp3) is 0.625. The zero-order valence-corrected chi connectivity index (χ0v) is 21.5. The maximum absolute atomic E-state index is 6.56. The summed E-state index contributed by atoms with van der Waals surface area (Å²) in [6.07, 6.45) is 13.9. The van der Waals surface area contributed by atoms with E-state index in [1.807, 2.05) is 0 Å². The first-order valence-corrected chi connectivity index (χ1v) is 14.1. The summed E-state index contributed by atoms with van der Waals surface area (Å²) in [5, 5.41) is 0. The molecule has 0 spiro atoms. The maximum Gasteiger partial charge on any atom is 0.0720 e. The predicted molar refractivity (Wildman–Crippen MR) is 142 cm³/mol. The van der Waals surface area contributed by atoms with Crippen molar-refractivity contribution in [3.05, 3.63) is 71.8 Å². The second kappa shape index (κ2) is 13.4. The smallest absolute Gasteiger partial charge is 0.0720 e. The summed E-state index contributed by atoms with van der Waals surface area (Å²) in [5.74, 6) is 3.25. The average Bonchev–Trinajstić information content (AvgIpc) is 3.79. The van der Waals surface area contributed by atoms with Gasteiger partial charge in [-0.2, -0.15) is 0 Å². The topological polar surface area (TPSA) is 18.5 Å². The lowest BCUT2D eigenvalue weighted by Crippen LogP contribution is -2.19. The molecule has 0 unspecified atom stereocenters. The lowest BCUT2D eigenvalue weighted by molar-refractivity contribution is 0.00736. The van der Waals surface area contributed by atoms with Crippen LogP contribution in [0, 0.1) is 23.7 Å². The van der Waals surface area contributed by atoms with Crippen molar-refractivity contribution in [1.82, 2.24) is 0 Å². The number of benzene rings is 2. The fourth-order valence-electron chi connectivity index (χ4n) is 5.90. The molecular weight excluding hydrogens is 416 g/mol. The zero-order chi connectivity index (χ0) is 23.6. The van der Waals surface area contributed by atoms with Crippen molar-refractivity contribution in [2.45, 2.75) is 103 Å². The van der Waals surface area contributed by atoms with Crippen molar-refractivity contribution in [3.8, 4) is 0 Å². The molecule has 186 valence electrons. The van der Waals surface area contributed by atoms with Crippen LogP contribution in [0.25, 0.3) is 0 Å². The standard InChI is InChI=1S/C32H46O2/c1-3-5-9-19-31(33-23-25-15-11-7-12-16-25)29-21-27(29)28-22-30(28)32(20-10-6-4-2)34-24-26-17-13-8-14-18-26/h7-8,11-18,27-32H,3-6,9-10,19-24H2,1-2H3/t27-,28-,29+,30+,31+,32+/m0/s1. The van der Waals surface area contributed by atoms with Gasteiger partial charge in [0, 0.05) is 0 Å². The Morgan fingerprint density at radius 2 is 1.03 bits per heavy atom. The van der Waals surface area contributed by atoms with Crippen molar-refractivity contribution < 1.29 is 9.47 Å². The Morgan fingerprint density at radius 3 is 1.41 bits per heavy atom. The molecule has 6 atom stereocenters. The maximum atomic E-state index is 6.56. The zero-order valence-electron chi connectivity index (χ0n) is 21.5. The highest BCUT2D eigenvalue weighted by molar-refractivity contribution is 5.15. The van der Waals surface area contributed by atoms with Gasteiger partial charge >= 0.3 is 0 Å². The Morgan fingerprint density at radius 1 is 0.618 bits per heavy atom. The van der Waals surface area contributed by atoms with Gasteiger partial charge in [0.15, 0.2) is 0 Å². The molecule has 2 heteroatoms. The largest absolute Gasteiger partial charge is 0.373 e. The van der Waals surface area contributed by atoms with Crippen LogP contribution in [0.1, 0.15) is 89.2 Å². The van der Waals surface area contributed by atoms with Crippen molar-refractivity contribution in [2.24, 2.45) is 23.7 Å². The number of hydrogen-bond donors (Lipinski definition) is 0. The molecule has 2 aromatic carbocycles. The molecular formula is C32H46O2. The van der Waals surface area contributed by atoms with E-state index < -0.39 is 0 Å². The number of rotatable bonds is 17. The van der Waals surface area contributed by atoms with Crippen LogP contribution in [-0.2, 0) is 22.7 Å². The van der Waals surface area contributed by atoms with Gasteiger partial charge in [-0.05, 0) is 60.5 Å². The van der Waals surface area contributed by atoms with E-state index in [9.17, 15) is 0 Å². The van der Waals surface area contributed by atoms with Crippen LogP contribution in [0.3, 0.4) is 0 Å². The minimum atomic E-state index is 0.432. The van der Waals surface area contributed by atoms with E-state index in [1.54, 1.807) is 0 Å². The first-order chi connectivity index (χ1) is 16.8. The molecule has 4 rings (SSSR count). The molecule has 0 heterocycles. The molecule has 0 radical (unpaired) electrons. The summed E-state index contributed by atoms with van der Waals surface area (Å²) in [5.41, 5.74) is 2.60. The quantitative estimate of drug-likeness (QED) is 0.219. The summed E-state index contributed by atoms with van der Waals surface area (Å²) in [7, 11) is 0. The first kappa shape index (κ1) is 25.5. The molecule has 2 nitrogen and oxygen atoms in total. The van der Waals surface area contributed by atoms with Crippen molar-refractivity contribution in [3.63, 3.8) is 0 Å². The Balaban J connectivity index is 1.29. The van der Waals surface area contributed by atoms with E-state index in [0.29, 0.717) is 12.2 Å². The van der Waals surface area contributed by atoms with Crippen molar-refractivity contribution in [2.75, 3.05) is 0 Å². The van der Waals surface area contributed by atoms with E-state index in [2.05, 4.69) is 74.5 Å². The second-order valence-electron chi connectivity index (χ2n) is 10.8. The van der Waals surface area contributed by atoms with Crippen LogP contribution in [0.4, 0.5) is 0 Å². The molecule has 34 heavy (non-hydrogen) atoms. The van der Waals surface area contributed by atoms with Crippen LogP contribution >= 0.6 is 0 Å². The highest BCUT2D eigenvalue weighted by atomic mass is 16.5. The number of ether oxygens (including phenoxy) is 2. The normalized spacial score (nSPS) is 25.1. The van der Waals surface area contributed by atoms with Gasteiger partial charge in [-0.25, -0.2) is 0 Å². The average molecular weight is 463 g/mol. The van der Waals surface area contributed by atoms with Gasteiger partial charge in [0.05, 0.1) is 25.4 Å². The van der Waals surface area contributed by atoms with E-state index in [4.69, 9.17) is 9.47 Å². The highest BCUT2D eigenvalue weighted by Gasteiger charge is 2.57. The summed E-state index contributed by atoms with van der Waals surface area (Å²) in [6.45, 7) is 6.11. The van der Waals surface area contributed by atoms with E-state index in [1.165, 1.54) is 75.3 Å². The summed E-state index contributed by atoms with van der Waals surface area (Å²) < 4.78 is 13.1. The molecule has 2 aromatic rings. The van der Waals surface area contributed by atoms with E-state index >= 15 is 0 Å². The molecule has 0 saturated heterocycles. The van der Waals surface area contributed by atoms with Crippen LogP contribution in [0.15, 0.2) is 60.7 Å². The minimum Gasteiger partial charge on any atom is -0.373 e. The molecule has 0 N–H and O–H groups in total. The third kappa shape index (κ3) is 7.68. The van der Waals surface area contributed by atoms with Crippen molar-refractivity contribution >= 4 is 0 Å². The molecule has 0 aromatic heterocycles. The Kier molecular flexibility index (Phi) is 10.1. The molecule has 0 bridgehead atoms. The van der Waals surface area contributed by atoms with Gasteiger partial charge in [0.2, 0.25) is 0 Å². The SMILES string of the molecule is CCCCC[C@@H](OCc1ccccc1)[C@@H]1C[C@H]1[C@@H]1C[C@H]1[C@@H](CCCCC)OCc1ccccc1. The molecule has 2 aliphatic rings. The minimum absolute atomic E-state index is 0.432. The predicted octanol–water partition coefficient (Wildman–Crippen LogP) is 8.59. The molecule has 2 aliphatic carbocycles. The van der Waals surface area contributed by atoms with Gasteiger partial charge in [0.25, 0.3) is 0 Å². The third-order valence-corrected chi connectivity index (χ3v) is 8.09. The molecule has 0 aliphatic heterocycles. The molecule has 0 amide bonds. The monoisotopic (exact) mass is 462 g/mol. The number of unbranched alkanes of at least 4 members (excludes halogenated alkanes) is 4. The van der Waals surface area contributed by atoms with Crippen LogP contribution in [-0.4, -0.2) is 12.2 Å². The first-order valence-electron chi connectivity index (χ1n) is 14.1. The lowest BCUT2D eigenvalue weighted by atomic mass is 10.0. The second-order valence-corrected chi connectivity index (χ2v) is 10.8. The van der Waals surface area contributed by atoms with E-state index in [0.717, 1.165) is 36.9 Å². The summed E-state index contributed by atoms with van der Waals surface area (Å²) in [4.78, 5) is 0. The van der Waals surface area contributed by atoms with E-state index in [-0.39, 0.29) is 0 Å². The fourth-order valence-corrected chi connectivity index (χ4v) is 5.90. The van der Waals surface area contributed by atoms with Gasteiger partial charge in [-0.15, -0.1) is 0 Å². The third-order valence-electron chi connectivity index (χ3n) is 8.09. The van der Waals surface area contributed by atoms with Crippen LogP contribution in [0.2, 0.25) is 0 Å².